The monoisotopic (exact) mass is 260 g/mol. The highest BCUT2D eigenvalue weighted by Crippen LogP contribution is 2.37. The Labute approximate surface area is 115 Å². The van der Waals surface area contributed by atoms with Gasteiger partial charge in [-0.3, -0.25) is 4.90 Å². The molecule has 2 atom stereocenters. The smallest absolute Gasteiger partial charge is 0.0770 e. The highest BCUT2D eigenvalue weighted by atomic mass is 16.3. The Morgan fingerprint density at radius 3 is 3.05 bits per heavy atom. The average Bonchev–Trinajstić information content (AvgIpc) is 2.79. The van der Waals surface area contributed by atoms with Gasteiger partial charge >= 0.3 is 0 Å². The molecule has 3 nitrogen and oxygen atoms in total. The minimum atomic E-state index is -0.145. The first-order valence-electron chi connectivity index (χ1n) is 7.43. The van der Waals surface area contributed by atoms with Crippen LogP contribution in [0.1, 0.15) is 31.2 Å². The number of nitrogens with one attached hydrogen (secondary N) is 1. The molecule has 2 aliphatic heterocycles. The molecule has 0 radical (unpaired) electrons. The molecule has 0 saturated carbocycles. The predicted molar refractivity (Wildman–Crippen MR) is 78.4 cm³/mol. The molecule has 3 heteroatoms. The van der Waals surface area contributed by atoms with E-state index in [1.807, 2.05) is 0 Å². The number of aliphatic hydroxyl groups is 1. The van der Waals surface area contributed by atoms with Crippen molar-refractivity contribution in [1.29, 1.82) is 0 Å². The molecule has 0 amide bonds. The fourth-order valence-corrected chi connectivity index (χ4v) is 3.77. The Balaban J connectivity index is 1.83. The lowest BCUT2D eigenvalue weighted by molar-refractivity contribution is 0.123. The third-order valence-electron chi connectivity index (χ3n) is 4.79. The second kappa shape index (κ2) is 5.14. The number of rotatable bonds is 3. The van der Waals surface area contributed by atoms with Gasteiger partial charge in [-0.1, -0.05) is 18.6 Å². The molecule has 2 saturated heterocycles. The van der Waals surface area contributed by atoms with E-state index in [1.165, 1.54) is 31.4 Å². The third kappa shape index (κ3) is 2.37. The quantitative estimate of drug-likeness (QED) is 0.876. The molecule has 1 aromatic carbocycles. The zero-order valence-corrected chi connectivity index (χ0v) is 11.7. The first-order valence-corrected chi connectivity index (χ1v) is 7.43. The number of aliphatic hydroxyl groups excluding tert-OH is 1. The summed E-state index contributed by atoms with van der Waals surface area (Å²) in [6.07, 6.45) is 4.85. The zero-order chi connectivity index (χ0) is 13.3. The topological polar surface area (TPSA) is 35.5 Å². The van der Waals surface area contributed by atoms with Crippen molar-refractivity contribution >= 4 is 5.69 Å². The maximum atomic E-state index is 10.00. The normalized spacial score (nSPS) is 31.2. The summed E-state index contributed by atoms with van der Waals surface area (Å²) in [7, 11) is 0. The van der Waals surface area contributed by atoms with Crippen molar-refractivity contribution in [2.24, 2.45) is 0 Å². The molecule has 2 unspecified atom stereocenters. The van der Waals surface area contributed by atoms with Crippen LogP contribution in [0.15, 0.2) is 24.3 Å². The highest BCUT2D eigenvalue weighted by molar-refractivity contribution is 5.48. The van der Waals surface area contributed by atoms with Crippen LogP contribution in [-0.2, 0) is 0 Å². The molecule has 1 aromatic rings. The predicted octanol–water partition coefficient (Wildman–Crippen LogP) is 2.40. The zero-order valence-electron chi connectivity index (χ0n) is 11.7. The molecule has 0 aromatic heterocycles. The van der Waals surface area contributed by atoms with Crippen molar-refractivity contribution in [3.05, 3.63) is 29.8 Å². The lowest BCUT2D eigenvalue weighted by Gasteiger charge is -2.41. The van der Waals surface area contributed by atoms with Crippen LogP contribution < -0.4 is 5.32 Å². The summed E-state index contributed by atoms with van der Waals surface area (Å²) in [6, 6.07) is 8.96. The van der Waals surface area contributed by atoms with Crippen molar-refractivity contribution < 1.29 is 5.11 Å². The molecule has 2 fully saturated rings. The Morgan fingerprint density at radius 2 is 2.26 bits per heavy atom. The van der Waals surface area contributed by atoms with Crippen LogP contribution in [0.2, 0.25) is 0 Å². The lowest BCUT2D eigenvalue weighted by Crippen LogP contribution is -2.54. The fraction of sp³-hybridized carbons (Fsp3) is 0.625. The first kappa shape index (κ1) is 12.9. The third-order valence-corrected chi connectivity index (χ3v) is 4.79. The van der Waals surface area contributed by atoms with E-state index in [1.54, 1.807) is 0 Å². The molecule has 3 rings (SSSR count). The van der Waals surface area contributed by atoms with E-state index < -0.39 is 0 Å². The van der Waals surface area contributed by atoms with E-state index in [-0.39, 0.29) is 12.1 Å². The van der Waals surface area contributed by atoms with Gasteiger partial charge in [0.15, 0.2) is 0 Å². The van der Waals surface area contributed by atoms with Crippen molar-refractivity contribution in [1.82, 2.24) is 4.90 Å². The summed E-state index contributed by atoms with van der Waals surface area (Å²) in [5.74, 6) is 0. The minimum Gasteiger partial charge on any atom is -0.394 e. The second-order valence-corrected chi connectivity index (χ2v) is 6.11. The highest BCUT2D eigenvalue weighted by Gasteiger charge is 2.47. The number of fused-ring (bicyclic) bond motifs is 1. The van der Waals surface area contributed by atoms with Gasteiger partial charge in [0.1, 0.15) is 0 Å². The standard InChI is InChI=1S/C16H24N2O/c1-13-5-4-6-14(11-13)17-16(12-19)8-10-18-9-3-2-7-15(16)18/h4-6,11,15,17,19H,2-3,7-10,12H2,1H3. The van der Waals surface area contributed by atoms with Gasteiger partial charge in [0.05, 0.1) is 12.1 Å². The Kier molecular flexibility index (Phi) is 3.50. The molecule has 19 heavy (non-hydrogen) atoms. The van der Waals surface area contributed by atoms with Crippen molar-refractivity contribution in [3.63, 3.8) is 0 Å². The fourth-order valence-electron chi connectivity index (χ4n) is 3.77. The average molecular weight is 260 g/mol. The van der Waals surface area contributed by atoms with Crippen LogP contribution in [0.3, 0.4) is 0 Å². The van der Waals surface area contributed by atoms with Gasteiger partial charge < -0.3 is 10.4 Å². The summed E-state index contributed by atoms with van der Waals surface area (Å²) >= 11 is 0. The first-order chi connectivity index (χ1) is 9.23. The minimum absolute atomic E-state index is 0.145. The molecule has 2 heterocycles. The maximum Gasteiger partial charge on any atom is 0.0770 e. The van der Waals surface area contributed by atoms with E-state index in [9.17, 15) is 5.11 Å². The SMILES string of the molecule is Cc1cccc(NC2(CO)CCN3CCCCC32)c1. The van der Waals surface area contributed by atoms with E-state index >= 15 is 0 Å². The number of piperidine rings is 1. The van der Waals surface area contributed by atoms with Crippen molar-refractivity contribution in [3.8, 4) is 0 Å². The number of benzene rings is 1. The number of hydrogen-bond acceptors (Lipinski definition) is 3. The lowest BCUT2D eigenvalue weighted by atomic mass is 9.85. The Hall–Kier alpha value is -1.06. The summed E-state index contributed by atoms with van der Waals surface area (Å²) in [5, 5.41) is 13.6. The number of hydrogen-bond donors (Lipinski definition) is 2. The van der Waals surface area contributed by atoms with Crippen LogP contribution in [0.25, 0.3) is 0 Å². The van der Waals surface area contributed by atoms with Crippen LogP contribution in [-0.4, -0.2) is 41.3 Å². The van der Waals surface area contributed by atoms with Crippen LogP contribution in [0.4, 0.5) is 5.69 Å². The van der Waals surface area contributed by atoms with Crippen LogP contribution in [0, 0.1) is 6.92 Å². The van der Waals surface area contributed by atoms with Gasteiger partial charge in [0, 0.05) is 18.3 Å². The maximum absolute atomic E-state index is 10.00. The second-order valence-electron chi connectivity index (χ2n) is 6.11. The van der Waals surface area contributed by atoms with Crippen LogP contribution >= 0.6 is 0 Å². The molecule has 0 spiro atoms. The van der Waals surface area contributed by atoms with Gasteiger partial charge in [-0.05, 0) is 50.4 Å². The summed E-state index contributed by atoms with van der Waals surface area (Å²) < 4.78 is 0. The number of anilines is 1. The molecule has 0 bridgehead atoms. The van der Waals surface area contributed by atoms with Gasteiger partial charge in [-0.2, -0.15) is 0 Å². The molecule has 2 aliphatic rings. The molecular formula is C16H24N2O. The van der Waals surface area contributed by atoms with E-state index in [4.69, 9.17) is 0 Å². The Morgan fingerprint density at radius 1 is 1.37 bits per heavy atom. The van der Waals surface area contributed by atoms with Gasteiger partial charge in [-0.15, -0.1) is 0 Å². The summed E-state index contributed by atoms with van der Waals surface area (Å²) in [6.45, 7) is 4.65. The Bertz CT molecular complexity index is 448. The molecule has 0 aliphatic carbocycles. The number of nitrogens with zero attached hydrogens (tertiary/aromatic N) is 1. The molecule has 104 valence electrons. The van der Waals surface area contributed by atoms with E-state index in [2.05, 4.69) is 41.4 Å². The van der Waals surface area contributed by atoms with E-state index in [0.29, 0.717) is 6.04 Å². The van der Waals surface area contributed by atoms with E-state index in [0.717, 1.165) is 18.7 Å². The summed E-state index contributed by atoms with van der Waals surface area (Å²) in [4.78, 5) is 2.56. The number of aryl methyl sites for hydroxylation is 1. The van der Waals surface area contributed by atoms with Gasteiger partial charge in [0.2, 0.25) is 0 Å². The van der Waals surface area contributed by atoms with Crippen molar-refractivity contribution in [2.75, 3.05) is 25.0 Å². The van der Waals surface area contributed by atoms with Gasteiger partial charge in [-0.25, -0.2) is 0 Å². The molecular weight excluding hydrogens is 236 g/mol. The van der Waals surface area contributed by atoms with Crippen molar-refractivity contribution in [2.45, 2.75) is 44.2 Å². The van der Waals surface area contributed by atoms with Gasteiger partial charge in [0.25, 0.3) is 0 Å². The summed E-state index contributed by atoms with van der Waals surface area (Å²) in [5.41, 5.74) is 2.26. The largest absolute Gasteiger partial charge is 0.394 e. The molecule has 2 N–H and O–H groups in total. The van der Waals surface area contributed by atoms with Crippen LogP contribution in [0.5, 0.6) is 0 Å².